The zero-order valence-electron chi connectivity index (χ0n) is 16.2. The van der Waals surface area contributed by atoms with Gasteiger partial charge in [0.2, 0.25) is 11.7 Å². The van der Waals surface area contributed by atoms with Crippen LogP contribution in [0.15, 0.2) is 76.6 Å². The summed E-state index contributed by atoms with van der Waals surface area (Å²) in [5, 5.41) is 6.62. The van der Waals surface area contributed by atoms with Gasteiger partial charge in [0.05, 0.1) is 4.88 Å². The molecule has 1 amide bonds. The number of aromatic nitrogens is 2. The van der Waals surface area contributed by atoms with Gasteiger partial charge in [-0.05, 0) is 47.7 Å². The molecule has 5 nitrogen and oxygen atoms in total. The summed E-state index contributed by atoms with van der Waals surface area (Å²) < 4.78 is 5.40. The molecule has 152 valence electrons. The number of amides is 1. The van der Waals surface area contributed by atoms with Crippen LogP contribution < -0.4 is 0 Å². The molecular weight excluding hydrogens is 418 g/mol. The summed E-state index contributed by atoms with van der Waals surface area (Å²) in [5.41, 5.74) is 2.04. The van der Waals surface area contributed by atoms with E-state index in [1.807, 2.05) is 52.7 Å². The average Bonchev–Trinajstić information content (AvgIpc) is 3.47. The molecule has 30 heavy (non-hydrogen) atoms. The van der Waals surface area contributed by atoms with Crippen LogP contribution in [0.3, 0.4) is 0 Å². The molecule has 0 aliphatic carbocycles. The standard InChI is InChI=1S/C23H20ClN3O2S/c24-19-10-8-18(9-11-19)22-25-21(29-26-22)13-15-27(23(28)20-7-4-16-30-20)14-12-17-5-2-1-3-6-17/h1-11,16H,12-15H2. The maximum Gasteiger partial charge on any atom is 0.263 e. The number of benzene rings is 2. The summed E-state index contributed by atoms with van der Waals surface area (Å²) in [6, 6.07) is 21.2. The molecule has 2 aromatic heterocycles. The predicted octanol–water partition coefficient (Wildman–Crippen LogP) is 5.38. The lowest BCUT2D eigenvalue weighted by Crippen LogP contribution is -2.34. The molecule has 2 heterocycles. The van der Waals surface area contributed by atoms with Crippen LogP contribution in [0.1, 0.15) is 21.1 Å². The van der Waals surface area contributed by atoms with Crippen molar-refractivity contribution in [2.45, 2.75) is 12.8 Å². The first-order valence-corrected chi connectivity index (χ1v) is 10.9. The normalized spacial score (nSPS) is 10.8. The number of thiophene rings is 1. The molecule has 7 heteroatoms. The van der Waals surface area contributed by atoms with E-state index in [1.54, 1.807) is 12.1 Å². The summed E-state index contributed by atoms with van der Waals surface area (Å²) in [6.45, 7) is 1.13. The molecule has 0 fully saturated rings. The SMILES string of the molecule is O=C(c1cccs1)N(CCc1ccccc1)CCc1nc(-c2ccc(Cl)cc2)no1. The monoisotopic (exact) mass is 437 g/mol. The lowest BCUT2D eigenvalue weighted by atomic mass is 10.1. The van der Waals surface area contributed by atoms with Crippen molar-refractivity contribution in [1.29, 1.82) is 0 Å². The zero-order valence-corrected chi connectivity index (χ0v) is 17.8. The number of rotatable bonds is 8. The number of hydrogen-bond donors (Lipinski definition) is 0. The first-order valence-electron chi connectivity index (χ1n) is 9.64. The second-order valence-electron chi connectivity index (χ2n) is 6.77. The molecule has 0 saturated carbocycles. The summed E-state index contributed by atoms with van der Waals surface area (Å²) >= 11 is 7.39. The summed E-state index contributed by atoms with van der Waals surface area (Å²) in [7, 11) is 0. The first kappa shape index (κ1) is 20.3. The minimum absolute atomic E-state index is 0.0263. The fraction of sp³-hybridized carbons (Fsp3) is 0.174. The second kappa shape index (κ2) is 9.69. The third-order valence-electron chi connectivity index (χ3n) is 4.70. The topological polar surface area (TPSA) is 59.2 Å². The minimum Gasteiger partial charge on any atom is -0.339 e. The van der Waals surface area contributed by atoms with Crippen molar-refractivity contribution in [2.75, 3.05) is 13.1 Å². The molecular formula is C23H20ClN3O2S. The lowest BCUT2D eigenvalue weighted by Gasteiger charge is -2.21. The Bertz CT molecular complexity index is 1080. The number of halogens is 1. The van der Waals surface area contributed by atoms with Crippen molar-refractivity contribution < 1.29 is 9.32 Å². The molecule has 0 aliphatic rings. The zero-order chi connectivity index (χ0) is 20.8. The molecule has 4 aromatic rings. The van der Waals surface area contributed by atoms with Gasteiger partial charge >= 0.3 is 0 Å². The van der Waals surface area contributed by atoms with E-state index in [1.165, 1.54) is 16.9 Å². The predicted molar refractivity (Wildman–Crippen MR) is 119 cm³/mol. The number of carbonyl (C=O) groups excluding carboxylic acids is 1. The Kier molecular flexibility index (Phi) is 6.57. The van der Waals surface area contributed by atoms with Crippen molar-refractivity contribution in [3.63, 3.8) is 0 Å². The Morgan fingerprint density at radius 2 is 1.73 bits per heavy atom. The molecule has 0 unspecified atom stereocenters. The van der Waals surface area contributed by atoms with Crippen LogP contribution in [0.25, 0.3) is 11.4 Å². The van der Waals surface area contributed by atoms with Crippen LogP contribution in [-0.4, -0.2) is 34.0 Å². The van der Waals surface area contributed by atoms with Gasteiger partial charge in [-0.2, -0.15) is 4.98 Å². The van der Waals surface area contributed by atoms with Crippen LogP contribution in [0.4, 0.5) is 0 Å². The Labute approximate surface area is 183 Å². The average molecular weight is 438 g/mol. The van der Waals surface area contributed by atoms with Gasteiger partial charge in [-0.25, -0.2) is 0 Å². The van der Waals surface area contributed by atoms with E-state index in [4.69, 9.17) is 16.1 Å². The Hall–Kier alpha value is -2.96. The van der Waals surface area contributed by atoms with Gasteiger partial charge in [0.1, 0.15) is 0 Å². The van der Waals surface area contributed by atoms with Crippen molar-refractivity contribution in [1.82, 2.24) is 15.0 Å². The van der Waals surface area contributed by atoms with E-state index in [-0.39, 0.29) is 5.91 Å². The van der Waals surface area contributed by atoms with Crippen LogP contribution >= 0.6 is 22.9 Å². The highest BCUT2D eigenvalue weighted by atomic mass is 35.5. The van der Waals surface area contributed by atoms with Gasteiger partial charge < -0.3 is 9.42 Å². The fourth-order valence-electron chi connectivity index (χ4n) is 3.08. The highest BCUT2D eigenvalue weighted by Crippen LogP contribution is 2.19. The van der Waals surface area contributed by atoms with Crippen molar-refractivity contribution in [3.05, 3.63) is 93.5 Å². The minimum atomic E-state index is 0.0263. The maximum atomic E-state index is 13.0. The van der Waals surface area contributed by atoms with E-state index in [2.05, 4.69) is 22.3 Å². The Balaban J connectivity index is 1.43. The second-order valence-corrected chi connectivity index (χ2v) is 8.16. The molecule has 0 atom stereocenters. The largest absolute Gasteiger partial charge is 0.339 e. The Morgan fingerprint density at radius 3 is 2.47 bits per heavy atom. The molecule has 2 aromatic carbocycles. The molecule has 0 bridgehead atoms. The van der Waals surface area contributed by atoms with Gasteiger partial charge in [0.25, 0.3) is 5.91 Å². The molecule has 0 N–H and O–H groups in total. The number of carbonyl (C=O) groups is 1. The van der Waals surface area contributed by atoms with Crippen LogP contribution in [-0.2, 0) is 12.8 Å². The van der Waals surface area contributed by atoms with Crippen molar-refractivity contribution >= 4 is 28.8 Å². The number of hydrogen-bond acceptors (Lipinski definition) is 5. The third kappa shape index (κ3) is 5.14. The molecule has 0 radical (unpaired) electrons. The van der Waals surface area contributed by atoms with Gasteiger partial charge in [0.15, 0.2) is 0 Å². The van der Waals surface area contributed by atoms with E-state index in [0.717, 1.165) is 16.9 Å². The Morgan fingerprint density at radius 1 is 0.967 bits per heavy atom. The third-order valence-corrected chi connectivity index (χ3v) is 5.81. The van der Waals surface area contributed by atoms with Crippen molar-refractivity contribution in [2.24, 2.45) is 0 Å². The first-order chi connectivity index (χ1) is 14.7. The quantitative estimate of drug-likeness (QED) is 0.371. The van der Waals surface area contributed by atoms with Crippen LogP contribution in [0.2, 0.25) is 5.02 Å². The van der Waals surface area contributed by atoms with E-state index < -0.39 is 0 Å². The number of nitrogens with zero attached hydrogens (tertiary/aromatic N) is 3. The maximum absolute atomic E-state index is 13.0. The molecule has 4 rings (SSSR count). The fourth-order valence-corrected chi connectivity index (χ4v) is 3.90. The van der Waals surface area contributed by atoms with E-state index >= 15 is 0 Å². The van der Waals surface area contributed by atoms with Gasteiger partial charge in [-0.3, -0.25) is 4.79 Å². The summed E-state index contributed by atoms with van der Waals surface area (Å²) in [6.07, 6.45) is 1.28. The molecule has 0 spiro atoms. The van der Waals surface area contributed by atoms with Gasteiger partial charge in [-0.1, -0.05) is 53.2 Å². The van der Waals surface area contributed by atoms with Crippen LogP contribution in [0.5, 0.6) is 0 Å². The van der Waals surface area contributed by atoms with E-state index in [9.17, 15) is 4.79 Å². The molecule has 0 aliphatic heterocycles. The van der Waals surface area contributed by atoms with Crippen LogP contribution in [0, 0.1) is 0 Å². The highest BCUT2D eigenvalue weighted by molar-refractivity contribution is 7.12. The highest BCUT2D eigenvalue weighted by Gasteiger charge is 2.18. The lowest BCUT2D eigenvalue weighted by molar-refractivity contribution is 0.0761. The summed E-state index contributed by atoms with van der Waals surface area (Å²) in [4.78, 5) is 20.0. The van der Waals surface area contributed by atoms with Gasteiger partial charge in [0, 0.05) is 30.1 Å². The van der Waals surface area contributed by atoms with Crippen molar-refractivity contribution in [3.8, 4) is 11.4 Å². The smallest absolute Gasteiger partial charge is 0.263 e. The van der Waals surface area contributed by atoms with E-state index in [0.29, 0.717) is 36.2 Å². The summed E-state index contributed by atoms with van der Waals surface area (Å²) in [5.74, 6) is 1.05. The molecule has 0 saturated heterocycles. The van der Waals surface area contributed by atoms with Gasteiger partial charge in [-0.15, -0.1) is 11.3 Å².